The zero-order chi connectivity index (χ0) is 18.5. The van der Waals surface area contributed by atoms with Crippen LogP contribution in [0, 0.1) is 5.82 Å². The minimum atomic E-state index is -0.456. The quantitative estimate of drug-likeness (QED) is 0.546. The predicted octanol–water partition coefficient (Wildman–Crippen LogP) is 3.70. The van der Waals surface area contributed by atoms with Crippen LogP contribution in [0.1, 0.15) is 32.6 Å². The molecule has 3 rings (SSSR count). The van der Waals surface area contributed by atoms with E-state index in [0.717, 1.165) is 12.8 Å². The third-order valence-electron chi connectivity index (χ3n) is 3.79. The lowest BCUT2D eigenvalue weighted by atomic mass is 10.3. The van der Waals surface area contributed by atoms with Crippen molar-refractivity contribution < 1.29 is 14.0 Å². The predicted molar refractivity (Wildman–Crippen MR) is 101 cm³/mol. The fraction of sp³-hybridized carbons (Fsp3) is 0.412. The summed E-state index contributed by atoms with van der Waals surface area (Å²) in [7, 11) is 0. The molecular formula is C17H19FN4O2S2. The highest BCUT2D eigenvalue weighted by atomic mass is 32.2. The molecule has 0 bridgehead atoms. The molecule has 0 saturated heterocycles. The molecule has 1 saturated carbocycles. The van der Waals surface area contributed by atoms with Crippen LogP contribution < -0.4 is 10.2 Å². The van der Waals surface area contributed by atoms with Crippen LogP contribution in [0.15, 0.2) is 28.6 Å². The van der Waals surface area contributed by atoms with E-state index in [0.29, 0.717) is 21.6 Å². The lowest BCUT2D eigenvalue weighted by Gasteiger charge is -2.17. The van der Waals surface area contributed by atoms with Crippen molar-refractivity contribution in [2.45, 2.75) is 43.0 Å². The van der Waals surface area contributed by atoms with Crippen LogP contribution in [0.2, 0.25) is 0 Å². The molecule has 0 spiro atoms. The molecular weight excluding hydrogens is 375 g/mol. The number of nitrogens with one attached hydrogen (secondary N) is 1. The van der Waals surface area contributed by atoms with Gasteiger partial charge < -0.3 is 5.32 Å². The molecule has 1 aliphatic rings. The second kappa shape index (κ2) is 8.59. The molecule has 138 valence electrons. The van der Waals surface area contributed by atoms with Gasteiger partial charge in [0, 0.05) is 24.6 Å². The first-order valence-electron chi connectivity index (χ1n) is 8.41. The van der Waals surface area contributed by atoms with E-state index in [4.69, 9.17) is 0 Å². The summed E-state index contributed by atoms with van der Waals surface area (Å²) >= 11 is 2.77. The summed E-state index contributed by atoms with van der Waals surface area (Å²) < 4.78 is 14.2. The number of hydrogen-bond donors (Lipinski definition) is 1. The fourth-order valence-electron chi connectivity index (χ4n) is 2.33. The molecule has 0 atom stereocenters. The van der Waals surface area contributed by atoms with E-state index < -0.39 is 5.82 Å². The maximum absolute atomic E-state index is 13.5. The third-order valence-corrected chi connectivity index (χ3v) is 5.85. The van der Waals surface area contributed by atoms with Gasteiger partial charge in [-0.2, -0.15) is 0 Å². The zero-order valence-corrected chi connectivity index (χ0v) is 15.9. The summed E-state index contributed by atoms with van der Waals surface area (Å²) in [4.78, 5) is 25.7. The number of halogens is 1. The highest BCUT2D eigenvalue weighted by Crippen LogP contribution is 2.36. The number of benzene rings is 1. The van der Waals surface area contributed by atoms with Crippen molar-refractivity contribution >= 4 is 45.7 Å². The van der Waals surface area contributed by atoms with Crippen molar-refractivity contribution in [3.63, 3.8) is 0 Å². The summed E-state index contributed by atoms with van der Waals surface area (Å²) in [5, 5.41) is 11.4. The van der Waals surface area contributed by atoms with Crippen molar-refractivity contribution in [1.82, 2.24) is 10.2 Å². The number of aromatic nitrogens is 2. The fourth-order valence-corrected chi connectivity index (χ4v) is 4.27. The molecule has 1 aliphatic carbocycles. The summed E-state index contributed by atoms with van der Waals surface area (Å²) in [6, 6.07) is 6.31. The molecule has 26 heavy (non-hydrogen) atoms. The number of para-hydroxylation sites is 1. The summed E-state index contributed by atoms with van der Waals surface area (Å²) in [6.07, 6.45) is 2.68. The molecule has 1 aromatic carbocycles. The van der Waals surface area contributed by atoms with E-state index in [1.807, 2.05) is 6.92 Å². The van der Waals surface area contributed by atoms with Crippen LogP contribution in [0.25, 0.3) is 0 Å². The zero-order valence-electron chi connectivity index (χ0n) is 14.3. The standard InChI is InChI=1S/C17H19FN4O2S2/c1-2-15(24)22(11-7-8-11)16-20-21-17(26-16)25-10-9-14(23)19-13-6-4-3-5-12(13)18/h3-6,11H,2,7-10H2,1H3,(H,19,23). The Labute approximate surface area is 159 Å². The Kier molecular flexibility index (Phi) is 6.20. The van der Waals surface area contributed by atoms with Gasteiger partial charge in [-0.05, 0) is 25.0 Å². The maximum atomic E-state index is 13.5. The van der Waals surface area contributed by atoms with Gasteiger partial charge >= 0.3 is 0 Å². The maximum Gasteiger partial charge on any atom is 0.228 e. The van der Waals surface area contributed by atoms with E-state index in [1.165, 1.54) is 35.2 Å². The molecule has 2 amide bonds. The number of anilines is 2. The van der Waals surface area contributed by atoms with Crippen molar-refractivity contribution in [1.29, 1.82) is 0 Å². The highest BCUT2D eigenvalue weighted by Gasteiger charge is 2.35. The number of hydrogen-bond acceptors (Lipinski definition) is 6. The highest BCUT2D eigenvalue weighted by molar-refractivity contribution is 8.01. The monoisotopic (exact) mass is 394 g/mol. The third kappa shape index (κ3) is 4.79. The molecule has 2 aromatic rings. The lowest BCUT2D eigenvalue weighted by molar-refractivity contribution is -0.118. The molecule has 1 aromatic heterocycles. The second-order valence-corrected chi connectivity index (χ2v) is 8.12. The van der Waals surface area contributed by atoms with Crippen LogP contribution in [0.5, 0.6) is 0 Å². The number of thioether (sulfide) groups is 1. The Bertz CT molecular complexity index is 795. The van der Waals surface area contributed by atoms with Crippen LogP contribution in [-0.2, 0) is 9.59 Å². The van der Waals surface area contributed by atoms with Gasteiger partial charge in [0.25, 0.3) is 0 Å². The number of nitrogens with zero attached hydrogens (tertiary/aromatic N) is 3. The van der Waals surface area contributed by atoms with E-state index in [9.17, 15) is 14.0 Å². The van der Waals surface area contributed by atoms with Crippen LogP contribution in [0.4, 0.5) is 15.2 Å². The van der Waals surface area contributed by atoms with Crippen LogP contribution in [0.3, 0.4) is 0 Å². The average Bonchev–Trinajstić information content (AvgIpc) is 3.35. The molecule has 1 fully saturated rings. The minimum absolute atomic E-state index is 0.0597. The van der Waals surface area contributed by atoms with Crippen molar-refractivity contribution in [3.05, 3.63) is 30.1 Å². The minimum Gasteiger partial charge on any atom is -0.324 e. The Balaban J connectivity index is 1.49. The van der Waals surface area contributed by atoms with Crippen molar-refractivity contribution in [2.75, 3.05) is 16.0 Å². The van der Waals surface area contributed by atoms with Gasteiger partial charge in [0.2, 0.25) is 16.9 Å². The lowest BCUT2D eigenvalue weighted by Crippen LogP contribution is -2.32. The van der Waals surface area contributed by atoms with Crippen LogP contribution >= 0.6 is 23.1 Å². The molecule has 1 N–H and O–H groups in total. The Hall–Kier alpha value is -2.00. The molecule has 6 nitrogen and oxygen atoms in total. The van der Waals surface area contributed by atoms with Gasteiger partial charge in [-0.3, -0.25) is 14.5 Å². The Morgan fingerprint density at radius 2 is 2.12 bits per heavy atom. The Morgan fingerprint density at radius 3 is 2.81 bits per heavy atom. The number of amides is 2. The van der Waals surface area contributed by atoms with Gasteiger partial charge in [0.15, 0.2) is 4.34 Å². The van der Waals surface area contributed by atoms with Crippen molar-refractivity contribution in [2.24, 2.45) is 0 Å². The molecule has 0 radical (unpaired) electrons. The first kappa shape index (κ1) is 18.8. The second-order valence-electron chi connectivity index (χ2n) is 5.83. The van der Waals surface area contributed by atoms with E-state index in [-0.39, 0.29) is 30.0 Å². The topological polar surface area (TPSA) is 75.2 Å². The van der Waals surface area contributed by atoms with E-state index in [2.05, 4.69) is 15.5 Å². The van der Waals surface area contributed by atoms with Crippen molar-refractivity contribution in [3.8, 4) is 0 Å². The smallest absolute Gasteiger partial charge is 0.228 e. The van der Waals surface area contributed by atoms with Gasteiger partial charge in [0.1, 0.15) is 5.82 Å². The SMILES string of the molecule is CCC(=O)N(c1nnc(SCCC(=O)Nc2ccccc2F)s1)C1CC1. The number of carbonyl (C=O) groups excluding carboxylic acids is 2. The first-order valence-corrected chi connectivity index (χ1v) is 10.2. The van der Waals surface area contributed by atoms with E-state index in [1.54, 1.807) is 17.0 Å². The molecule has 1 heterocycles. The molecule has 9 heteroatoms. The normalized spacial score (nSPS) is 13.5. The summed E-state index contributed by atoms with van der Waals surface area (Å²) in [5.74, 6) is -0.152. The summed E-state index contributed by atoms with van der Waals surface area (Å²) in [6.45, 7) is 1.84. The summed E-state index contributed by atoms with van der Waals surface area (Å²) in [5.41, 5.74) is 0.179. The van der Waals surface area contributed by atoms with Gasteiger partial charge in [0.05, 0.1) is 5.69 Å². The Morgan fingerprint density at radius 1 is 1.35 bits per heavy atom. The number of rotatable bonds is 8. The molecule has 0 unspecified atom stereocenters. The van der Waals surface area contributed by atoms with Crippen LogP contribution in [-0.4, -0.2) is 33.8 Å². The largest absolute Gasteiger partial charge is 0.324 e. The van der Waals surface area contributed by atoms with Gasteiger partial charge in [-0.15, -0.1) is 10.2 Å². The van der Waals surface area contributed by atoms with Gasteiger partial charge in [-0.25, -0.2) is 4.39 Å². The number of carbonyl (C=O) groups is 2. The van der Waals surface area contributed by atoms with Gasteiger partial charge in [-0.1, -0.05) is 42.2 Å². The first-order chi connectivity index (χ1) is 12.6. The molecule has 0 aliphatic heterocycles. The average molecular weight is 394 g/mol. The van der Waals surface area contributed by atoms with E-state index >= 15 is 0 Å².